The Morgan fingerprint density at radius 2 is 1.05 bits per heavy atom. The minimum Gasteiger partial charge on any atom is -0.494 e. The van der Waals surface area contributed by atoms with Gasteiger partial charge in [0, 0.05) is 22.1 Å². The van der Waals surface area contributed by atoms with E-state index in [0.717, 1.165) is 38.9 Å². The van der Waals surface area contributed by atoms with Crippen LogP contribution >= 0.6 is 0 Å². The number of aromatic amines is 2. The Kier molecular flexibility index (Phi) is 5.84. The fourth-order valence-electron chi connectivity index (χ4n) is 4.85. The first-order valence-corrected chi connectivity index (χ1v) is 12.1. The summed E-state index contributed by atoms with van der Waals surface area (Å²) in [4.78, 5) is 16.8. The molecule has 2 aliphatic rings. The zero-order valence-corrected chi connectivity index (χ0v) is 21.5. The normalized spacial score (nSPS) is 13.1. The van der Waals surface area contributed by atoms with Gasteiger partial charge in [-0.3, -0.25) is 0 Å². The van der Waals surface area contributed by atoms with E-state index >= 15 is 0 Å². The van der Waals surface area contributed by atoms with Crippen molar-refractivity contribution >= 4 is 44.9 Å². The van der Waals surface area contributed by atoms with Crippen LogP contribution in [0.5, 0.6) is 5.75 Å². The fourth-order valence-corrected chi connectivity index (χ4v) is 4.85. The van der Waals surface area contributed by atoms with Gasteiger partial charge in [0.2, 0.25) is 0 Å². The zero-order chi connectivity index (χ0) is 26.2. The molecule has 0 radical (unpaired) electrons. The van der Waals surface area contributed by atoms with Gasteiger partial charge in [0.1, 0.15) is 5.69 Å². The molecule has 1 aromatic carbocycles. The van der Waals surface area contributed by atoms with E-state index in [1.807, 2.05) is 72.8 Å². The Hall–Kier alpha value is -4.98. The lowest BCUT2D eigenvalue weighted by Crippen LogP contribution is -1.98. The number of nitrogens with zero attached hydrogens (tertiary/aromatic N) is 2. The maximum absolute atomic E-state index is 5.98. The number of aromatic nitrogens is 4. The van der Waals surface area contributed by atoms with Gasteiger partial charge in [-0.05, 0) is 48.0 Å². The van der Waals surface area contributed by atoms with Gasteiger partial charge in [-0.25, -0.2) is 9.97 Å². The summed E-state index contributed by atoms with van der Waals surface area (Å²) < 4.78 is 23.5. The standard InChI is InChI=1S/C30H26N4O4/c1-35-27-23-16-21-13-11-19(32-21)14-18-10-12-20(31-18)15-22-24(17-8-6-5-7-9-17)28(36-2)25(33-22)29(37-3)26(34-23)30(27)38-4/h5-16,31-32H,1-4H3. The summed E-state index contributed by atoms with van der Waals surface area (Å²) in [6, 6.07) is 24.0. The van der Waals surface area contributed by atoms with Gasteiger partial charge < -0.3 is 28.9 Å². The molecule has 0 spiro atoms. The molecule has 0 atom stereocenters. The average Bonchev–Trinajstić information content (AvgIpc) is 3.71. The van der Waals surface area contributed by atoms with Crippen LogP contribution in [-0.4, -0.2) is 48.4 Å². The topological polar surface area (TPSA) is 94.3 Å². The summed E-state index contributed by atoms with van der Waals surface area (Å²) in [7, 11) is 6.39. The molecule has 8 heteroatoms. The number of benzene rings is 1. The highest BCUT2D eigenvalue weighted by molar-refractivity contribution is 6.00. The van der Waals surface area contributed by atoms with Crippen molar-refractivity contribution in [2.24, 2.45) is 0 Å². The molecule has 5 heterocycles. The van der Waals surface area contributed by atoms with E-state index in [-0.39, 0.29) is 0 Å². The first-order valence-electron chi connectivity index (χ1n) is 12.1. The van der Waals surface area contributed by atoms with Crippen molar-refractivity contribution in [3.05, 3.63) is 101 Å². The molecule has 0 saturated carbocycles. The van der Waals surface area contributed by atoms with Crippen LogP contribution in [0.4, 0.5) is 0 Å². The summed E-state index contributed by atoms with van der Waals surface area (Å²) in [5.74, 6) is 1.93. The predicted molar refractivity (Wildman–Crippen MR) is 148 cm³/mol. The van der Waals surface area contributed by atoms with Crippen molar-refractivity contribution in [2.45, 2.75) is 0 Å². The minimum absolute atomic E-state index is 0.410. The third kappa shape index (κ3) is 3.87. The van der Waals surface area contributed by atoms with Crippen LogP contribution in [0.2, 0.25) is 0 Å². The van der Waals surface area contributed by atoms with E-state index < -0.39 is 0 Å². The van der Waals surface area contributed by atoms with Crippen LogP contribution in [0.3, 0.4) is 0 Å². The van der Waals surface area contributed by atoms with Crippen LogP contribution in [0, 0.1) is 0 Å². The molecule has 190 valence electrons. The maximum atomic E-state index is 5.98. The number of rotatable bonds is 5. The summed E-state index contributed by atoms with van der Waals surface area (Å²) in [5.41, 5.74) is 7.77. The van der Waals surface area contributed by atoms with Gasteiger partial charge in [0.25, 0.3) is 0 Å². The largest absolute Gasteiger partial charge is 0.494 e. The molecular formula is C30H26N4O4. The lowest BCUT2D eigenvalue weighted by atomic mass is 10.0. The summed E-state index contributed by atoms with van der Waals surface area (Å²) >= 11 is 0. The Morgan fingerprint density at radius 3 is 1.63 bits per heavy atom. The second-order valence-corrected chi connectivity index (χ2v) is 8.74. The van der Waals surface area contributed by atoms with Gasteiger partial charge in [0.15, 0.2) is 34.4 Å². The highest BCUT2D eigenvalue weighted by Crippen LogP contribution is 2.43. The second kappa shape index (κ2) is 9.48. The molecule has 2 N–H and O–H groups in total. The van der Waals surface area contributed by atoms with E-state index in [2.05, 4.69) is 9.97 Å². The maximum Gasteiger partial charge on any atom is 0.192 e. The molecule has 2 aliphatic heterocycles. The lowest BCUT2D eigenvalue weighted by molar-refractivity contribution is 0.327. The van der Waals surface area contributed by atoms with E-state index in [4.69, 9.17) is 28.9 Å². The Bertz CT molecular complexity index is 1760. The van der Waals surface area contributed by atoms with Crippen molar-refractivity contribution < 1.29 is 18.9 Å². The summed E-state index contributed by atoms with van der Waals surface area (Å²) in [6.07, 6.45) is 0. The second-order valence-electron chi connectivity index (χ2n) is 8.74. The van der Waals surface area contributed by atoms with Crippen molar-refractivity contribution in [3.63, 3.8) is 0 Å². The first-order chi connectivity index (χ1) is 18.6. The Balaban J connectivity index is 1.80. The SMILES string of the molecule is COC1=C(OC)c2nc1cc1ccc(cc3ccc(cc4nc(c2OC)C(OC)=C4c2ccccc2)[nH]3)[nH]1. The van der Waals surface area contributed by atoms with E-state index in [9.17, 15) is 0 Å². The summed E-state index contributed by atoms with van der Waals surface area (Å²) in [6.45, 7) is 0. The first kappa shape index (κ1) is 23.4. The van der Waals surface area contributed by atoms with Gasteiger partial charge >= 0.3 is 0 Å². The quantitative estimate of drug-likeness (QED) is 0.345. The summed E-state index contributed by atoms with van der Waals surface area (Å²) in [5, 5.41) is 0. The number of methoxy groups -OCH3 is 4. The third-order valence-electron chi connectivity index (χ3n) is 6.48. The van der Waals surface area contributed by atoms with Crippen molar-refractivity contribution in [1.29, 1.82) is 0 Å². The number of H-pyrrole nitrogens is 2. The number of nitrogens with one attached hydrogen (secondary N) is 2. The van der Waals surface area contributed by atoms with Crippen LogP contribution in [-0.2, 0) is 14.2 Å². The smallest absolute Gasteiger partial charge is 0.192 e. The van der Waals surface area contributed by atoms with Gasteiger partial charge in [-0.1, -0.05) is 30.3 Å². The van der Waals surface area contributed by atoms with Crippen LogP contribution in [0.25, 0.3) is 44.9 Å². The fraction of sp³-hybridized carbons (Fsp3) is 0.133. The van der Waals surface area contributed by atoms with Crippen molar-refractivity contribution in [3.8, 4) is 5.75 Å². The highest BCUT2D eigenvalue weighted by atomic mass is 16.5. The monoisotopic (exact) mass is 506 g/mol. The van der Waals surface area contributed by atoms with E-state index in [1.54, 1.807) is 28.4 Å². The van der Waals surface area contributed by atoms with Crippen LogP contribution in [0.15, 0.2) is 72.8 Å². The molecule has 0 aliphatic carbocycles. The Morgan fingerprint density at radius 1 is 0.526 bits per heavy atom. The molecule has 0 amide bonds. The molecule has 38 heavy (non-hydrogen) atoms. The molecule has 4 aromatic rings. The molecule has 0 unspecified atom stereocenters. The minimum atomic E-state index is 0.410. The Labute approximate surface area is 219 Å². The third-order valence-corrected chi connectivity index (χ3v) is 6.48. The van der Waals surface area contributed by atoms with Crippen LogP contribution < -0.4 is 4.74 Å². The van der Waals surface area contributed by atoms with Crippen LogP contribution in [0.1, 0.15) is 28.3 Å². The molecule has 8 bridgehead atoms. The molecular weight excluding hydrogens is 480 g/mol. The zero-order valence-electron chi connectivity index (χ0n) is 21.5. The highest BCUT2D eigenvalue weighted by Gasteiger charge is 2.32. The van der Waals surface area contributed by atoms with Crippen molar-refractivity contribution in [2.75, 3.05) is 28.4 Å². The predicted octanol–water partition coefficient (Wildman–Crippen LogP) is 6.01. The molecule has 0 saturated heterocycles. The van der Waals surface area contributed by atoms with Gasteiger partial charge in [-0.2, -0.15) is 0 Å². The number of ether oxygens (including phenoxy) is 4. The average molecular weight is 507 g/mol. The molecule has 8 nitrogen and oxygen atoms in total. The van der Waals surface area contributed by atoms with E-state index in [1.165, 1.54) is 0 Å². The molecule has 3 aromatic heterocycles. The van der Waals surface area contributed by atoms with Crippen molar-refractivity contribution in [1.82, 2.24) is 19.9 Å². The molecule has 6 rings (SSSR count). The number of fused-ring (bicyclic) bond motifs is 8. The van der Waals surface area contributed by atoms with Gasteiger partial charge in [-0.15, -0.1) is 0 Å². The number of hydrogen-bond acceptors (Lipinski definition) is 6. The lowest BCUT2D eigenvalue weighted by Gasteiger charge is -2.11. The number of hydrogen-bond donors (Lipinski definition) is 2. The van der Waals surface area contributed by atoms with E-state index in [0.29, 0.717) is 40.1 Å². The molecule has 0 fully saturated rings. The van der Waals surface area contributed by atoms with Gasteiger partial charge in [0.05, 0.1) is 39.7 Å².